The van der Waals surface area contributed by atoms with Crippen molar-refractivity contribution in [2.75, 3.05) is 19.6 Å². The average Bonchev–Trinajstić information content (AvgIpc) is 2.30. The average molecular weight is 285 g/mol. The molecule has 0 aromatic carbocycles. The Balaban J connectivity index is 0.00000128. The van der Waals surface area contributed by atoms with Gasteiger partial charge in [0.15, 0.2) is 0 Å². The number of rotatable bonds is 2. The van der Waals surface area contributed by atoms with Crippen molar-refractivity contribution < 1.29 is 9.90 Å². The Kier molecular flexibility index (Phi) is 8.12. The number of aliphatic carboxylic acids is 1. The van der Waals surface area contributed by atoms with E-state index in [1.807, 2.05) is 0 Å². The minimum absolute atomic E-state index is 0. The van der Waals surface area contributed by atoms with Crippen molar-refractivity contribution in [3.63, 3.8) is 0 Å². The molecule has 0 saturated carbocycles. The number of hydrogen-bond acceptors (Lipinski definition) is 3. The highest BCUT2D eigenvalue weighted by Crippen LogP contribution is 2.29. The van der Waals surface area contributed by atoms with Crippen molar-refractivity contribution in [3.8, 4) is 0 Å². The molecule has 0 aromatic rings. The van der Waals surface area contributed by atoms with E-state index in [1.165, 1.54) is 12.8 Å². The van der Waals surface area contributed by atoms with E-state index in [2.05, 4.69) is 10.6 Å². The lowest BCUT2D eigenvalue weighted by atomic mass is 9.78. The molecule has 0 amide bonds. The van der Waals surface area contributed by atoms with E-state index in [9.17, 15) is 4.79 Å². The monoisotopic (exact) mass is 284 g/mol. The van der Waals surface area contributed by atoms with Gasteiger partial charge in [0.1, 0.15) is 6.04 Å². The van der Waals surface area contributed by atoms with Crippen LogP contribution in [-0.4, -0.2) is 36.8 Å². The van der Waals surface area contributed by atoms with E-state index in [4.69, 9.17) is 5.11 Å². The molecule has 0 radical (unpaired) electrons. The molecule has 2 aliphatic heterocycles. The molecular formula is C11H22Cl2N2O2. The molecule has 4 nitrogen and oxygen atoms in total. The van der Waals surface area contributed by atoms with Crippen molar-refractivity contribution >= 4 is 30.8 Å². The van der Waals surface area contributed by atoms with Crippen molar-refractivity contribution in [1.82, 2.24) is 10.6 Å². The Hall–Kier alpha value is -0.0300. The second-order valence-electron chi connectivity index (χ2n) is 4.74. The molecule has 0 bridgehead atoms. The number of piperidine rings is 2. The molecule has 2 rings (SSSR count). The van der Waals surface area contributed by atoms with Crippen LogP contribution < -0.4 is 10.6 Å². The Morgan fingerprint density at radius 2 is 1.88 bits per heavy atom. The molecule has 2 aliphatic rings. The lowest BCUT2D eigenvalue weighted by molar-refractivity contribution is -0.140. The van der Waals surface area contributed by atoms with Crippen molar-refractivity contribution in [3.05, 3.63) is 0 Å². The maximum absolute atomic E-state index is 10.9. The van der Waals surface area contributed by atoms with Crippen LogP contribution in [0.3, 0.4) is 0 Å². The van der Waals surface area contributed by atoms with Crippen LogP contribution in [0.5, 0.6) is 0 Å². The molecule has 6 heteroatoms. The van der Waals surface area contributed by atoms with Crippen LogP contribution >= 0.6 is 24.8 Å². The molecule has 0 aliphatic carbocycles. The molecule has 17 heavy (non-hydrogen) atoms. The van der Waals surface area contributed by atoms with Crippen molar-refractivity contribution in [1.29, 1.82) is 0 Å². The van der Waals surface area contributed by atoms with E-state index < -0.39 is 5.97 Å². The third-order valence-electron chi connectivity index (χ3n) is 3.74. The predicted molar refractivity (Wildman–Crippen MR) is 72.2 cm³/mol. The summed E-state index contributed by atoms with van der Waals surface area (Å²) in [6.07, 6.45) is 4.45. The number of halogens is 2. The molecular weight excluding hydrogens is 263 g/mol. The fourth-order valence-electron chi connectivity index (χ4n) is 2.84. The summed E-state index contributed by atoms with van der Waals surface area (Å²) in [6, 6.07) is -0.314. The van der Waals surface area contributed by atoms with E-state index in [0.717, 1.165) is 32.5 Å². The second-order valence-corrected chi connectivity index (χ2v) is 4.74. The first kappa shape index (κ1) is 17.0. The Morgan fingerprint density at radius 3 is 2.47 bits per heavy atom. The summed E-state index contributed by atoms with van der Waals surface area (Å²) in [4.78, 5) is 10.9. The molecule has 3 unspecified atom stereocenters. The van der Waals surface area contributed by atoms with Gasteiger partial charge in [-0.15, -0.1) is 24.8 Å². The molecule has 2 heterocycles. The maximum Gasteiger partial charge on any atom is 0.320 e. The molecule has 2 saturated heterocycles. The summed E-state index contributed by atoms with van der Waals surface area (Å²) in [5, 5.41) is 15.5. The van der Waals surface area contributed by atoms with Crippen molar-refractivity contribution in [2.24, 2.45) is 11.8 Å². The molecule has 2 fully saturated rings. The van der Waals surface area contributed by atoms with E-state index >= 15 is 0 Å². The first-order chi connectivity index (χ1) is 7.27. The summed E-state index contributed by atoms with van der Waals surface area (Å²) in [5.74, 6) is 0.603. The SMILES string of the molecule is Cl.Cl.O=C(O)C1CC(C2CCCNC2)CCN1. The Bertz CT molecular complexity index is 236. The van der Waals surface area contributed by atoms with E-state index in [0.29, 0.717) is 11.8 Å². The van der Waals surface area contributed by atoms with Gasteiger partial charge in [-0.1, -0.05) is 0 Å². The van der Waals surface area contributed by atoms with Gasteiger partial charge >= 0.3 is 5.97 Å². The highest BCUT2D eigenvalue weighted by atomic mass is 35.5. The summed E-state index contributed by atoms with van der Waals surface area (Å²) in [7, 11) is 0. The largest absolute Gasteiger partial charge is 0.480 e. The van der Waals surface area contributed by atoms with Crippen LogP contribution in [0.2, 0.25) is 0 Å². The number of carboxylic acid groups (broad SMARTS) is 1. The fourth-order valence-corrected chi connectivity index (χ4v) is 2.84. The number of carboxylic acids is 1. The maximum atomic E-state index is 10.9. The summed E-state index contributed by atoms with van der Waals surface area (Å²) in [5.41, 5.74) is 0. The zero-order valence-corrected chi connectivity index (χ0v) is 11.5. The van der Waals surface area contributed by atoms with Gasteiger partial charge in [-0.2, -0.15) is 0 Å². The molecule has 102 valence electrons. The van der Waals surface area contributed by atoms with Gasteiger partial charge < -0.3 is 15.7 Å². The zero-order valence-electron chi connectivity index (χ0n) is 9.85. The highest BCUT2D eigenvalue weighted by Gasteiger charge is 2.31. The van der Waals surface area contributed by atoms with Crippen LogP contribution in [0.15, 0.2) is 0 Å². The van der Waals surface area contributed by atoms with Gasteiger partial charge in [0.2, 0.25) is 0 Å². The first-order valence-electron chi connectivity index (χ1n) is 5.94. The minimum atomic E-state index is -0.691. The normalized spacial score (nSPS) is 33.1. The van der Waals surface area contributed by atoms with Crippen LogP contribution in [0.1, 0.15) is 25.7 Å². The van der Waals surface area contributed by atoms with Crippen LogP contribution in [0, 0.1) is 11.8 Å². The number of carbonyl (C=O) groups is 1. The summed E-state index contributed by atoms with van der Waals surface area (Å²) in [6.45, 7) is 3.07. The minimum Gasteiger partial charge on any atom is -0.480 e. The first-order valence-corrected chi connectivity index (χ1v) is 5.94. The second kappa shape index (κ2) is 8.14. The smallest absolute Gasteiger partial charge is 0.320 e. The van der Waals surface area contributed by atoms with Crippen molar-refractivity contribution in [2.45, 2.75) is 31.7 Å². The molecule has 0 spiro atoms. The van der Waals surface area contributed by atoms with Gasteiger partial charge in [-0.3, -0.25) is 4.79 Å². The van der Waals surface area contributed by atoms with Crippen LogP contribution in [-0.2, 0) is 4.79 Å². The van der Waals surface area contributed by atoms with Crippen LogP contribution in [0.25, 0.3) is 0 Å². The number of nitrogens with one attached hydrogen (secondary N) is 2. The third kappa shape index (κ3) is 4.62. The Labute approximate surface area is 115 Å². The van der Waals surface area contributed by atoms with Crippen LogP contribution in [0.4, 0.5) is 0 Å². The number of hydrogen-bond donors (Lipinski definition) is 3. The van der Waals surface area contributed by atoms with Gasteiger partial charge in [-0.05, 0) is 57.2 Å². The molecule has 3 N–H and O–H groups in total. The summed E-state index contributed by atoms with van der Waals surface area (Å²) < 4.78 is 0. The zero-order chi connectivity index (χ0) is 10.7. The van der Waals surface area contributed by atoms with Gasteiger partial charge in [0, 0.05) is 0 Å². The molecule has 3 atom stereocenters. The molecule has 0 aromatic heterocycles. The lowest BCUT2D eigenvalue weighted by Crippen LogP contribution is -2.47. The fraction of sp³-hybridized carbons (Fsp3) is 0.909. The van der Waals surface area contributed by atoms with E-state index in [1.54, 1.807) is 0 Å². The van der Waals surface area contributed by atoms with E-state index in [-0.39, 0.29) is 30.9 Å². The lowest BCUT2D eigenvalue weighted by Gasteiger charge is -2.35. The summed E-state index contributed by atoms with van der Waals surface area (Å²) >= 11 is 0. The predicted octanol–water partition coefficient (Wildman–Crippen LogP) is 1.28. The Morgan fingerprint density at radius 1 is 1.12 bits per heavy atom. The van der Waals surface area contributed by atoms with Gasteiger partial charge in [0.25, 0.3) is 0 Å². The van der Waals surface area contributed by atoms with Gasteiger partial charge in [0.05, 0.1) is 0 Å². The topological polar surface area (TPSA) is 61.4 Å². The standard InChI is InChI=1S/C11H20N2O2.2ClH/c14-11(15)10-6-8(3-5-13-10)9-2-1-4-12-7-9;;/h8-10,12-13H,1-7H2,(H,14,15);2*1H. The van der Waals surface area contributed by atoms with Gasteiger partial charge in [-0.25, -0.2) is 0 Å². The quantitative estimate of drug-likeness (QED) is 0.715. The highest BCUT2D eigenvalue weighted by molar-refractivity contribution is 5.85. The third-order valence-corrected chi connectivity index (χ3v) is 3.74.